The van der Waals surface area contributed by atoms with Crippen LogP contribution in [0.5, 0.6) is 0 Å². The fourth-order valence-corrected chi connectivity index (χ4v) is 5.71. The van der Waals surface area contributed by atoms with Crippen molar-refractivity contribution in [2.24, 2.45) is 5.73 Å². The molecule has 0 spiro atoms. The molecule has 41 heavy (non-hydrogen) atoms. The lowest BCUT2D eigenvalue weighted by molar-refractivity contribution is -0.131. The van der Waals surface area contributed by atoms with Crippen LogP contribution in [0.3, 0.4) is 0 Å². The Labute approximate surface area is 248 Å². The fraction of sp³-hybridized carbons (Fsp3) is 0.500. The molecule has 0 saturated carbocycles. The zero-order chi connectivity index (χ0) is 29.8. The van der Waals surface area contributed by atoms with Gasteiger partial charge in [0.2, 0.25) is 17.7 Å². The maximum Gasteiger partial charge on any atom is 0.240 e. The van der Waals surface area contributed by atoms with Crippen LogP contribution < -0.4 is 21.1 Å². The van der Waals surface area contributed by atoms with E-state index in [1.54, 1.807) is 4.90 Å². The van der Waals surface area contributed by atoms with Gasteiger partial charge >= 0.3 is 0 Å². The summed E-state index contributed by atoms with van der Waals surface area (Å²) in [6.07, 6.45) is 0.448. The molecule has 2 aromatic carbocycles. The molecule has 5 N–H and O–H groups in total. The number of rotatable bonds is 14. The molecule has 1 fully saturated rings. The van der Waals surface area contributed by atoms with Crippen LogP contribution in [0.15, 0.2) is 54.6 Å². The number of anilines is 2. The van der Waals surface area contributed by atoms with Crippen LogP contribution in [0.25, 0.3) is 0 Å². The lowest BCUT2D eigenvalue weighted by Crippen LogP contribution is -2.55. The molecule has 224 valence electrons. The minimum Gasteiger partial charge on any atom is -0.354 e. The largest absolute Gasteiger partial charge is 0.354 e. The van der Waals surface area contributed by atoms with Crippen LogP contribution in [0.1, 0.15) is 38.7 Å². The third-order valence-corrected chi connectivity index (χ3v) is 8.47. The van der Waals surface area contributed by atoms with Gasteiger partial charge in [-0.1, -0.05) is 37.3 Å². The molecule has 1 aliphatic rings. The van der Waals surface area contributed by atoms with E-state index in [1.807, 2.05) is 68.4 Å². The van der Waals surface area contributed by atoms with E-state index < -0.39 is 11.4 Å². The van der Waals surface area contributed by atoms with Crippen LogP contribution in [-0.4, -0.2) is 96.7 Å². The third-order valence-electron chi connectivity index (χ3n) is 7.33. The Balaban J connectivity index is 1.52. The van der Waals surface area contributed by atoms with Crippen molar-refractivity contribution in [3.8, 4) is 0 Å². The average molecular weight is 584 g/mol. The molecule has 2 aromatic rings. The topological polar surface area (TPSA) is 123 Å². The number of hydrogen-bond acceptors (Lipinski definition) is 8. The van der Waals surface area contributed by atoms with Crippen LogP contribution in [0.4, 0.5) is 11.4 Å². The first-order valence-corrected chi connectivity index (χ1v) is 15.1. The number of likely N-dealkylation sites (N-methyl/N-ethyl adjacent to an activating group) is 2. The predicted octanol–water partition coefficient (Wildman–Crippen LogP) is 2.76. The molecule has 0 aromatic heterocycles. The Bertz CT molecular complexity index is 1110. The number of benzene rings is 2. The first-order valence-electron chi connectivity index (χ1n) is 14.3. The highest BCUT2D eigenvalue weighted by atomic mass is 32.2. The van der Waals surface area contributed by atoms with E-state index >= 15 is 0 Å². The summed E-state index contributed by atoms with van der Waals surface area (Å²) in [5, 5.41) is 5.28. The first-order chi connectivity index (χ1) is 19.7. The van der Waals surface area contributed by atoms with Crippen molar-refractivity contribution in [1.29, 1.82) is 0 Å². The summed E-state index contributed by atoms with van der Waals surface area (Å²) in [5.74, 6) is -0.376. The monoisotopic (exact) mass is 583 g/mol. The van der Waals surface area contributed by atoms with Gasteiger partial charge < -0.3 is 35.8 Å². The molecule has 3 amide bonds. The Morgan fingerprint density at radius 1 is 1.00 bits per heavy atom. The maximum atomic E-state index is 13.0. The molecule has 1 aliphatic heterocycles. The smallest absolute Gasteiger partial charge is 0.240 e. The van der Waals surface area contributed by atoms with E-state index in [1.165, 1.54) is 18.9 Å². The van der Waals surface area contributed by atoms with E-state index in [4.69, 9.17) is 5.73 Å². The number of amides is 3. The number of nitrogens with two attached hydrogens (primary N) is 1. The molecule has 0 bridgehead atoms. The summed E-state index contributed by atoms with van der Waals surface area (Å²) in [4.78, 5) is 44.0. The molecular formula is C30H45N7O3S. The molecule has 2 unspecified atom stereocenters. The van der Waals surface area contributed by atoms with Crippen molar-refractivity contribution < 1.29 is 14.4 Å². The number of nitrogens with zero attached hydrogens (tertiary/aromatic N) is 3. The van der Waals surface area contributed by atoms with Gasteiger partial charge in [-0.15, -0.1) is 0 Å². The first kappa shape index (κ1) is 32.4. The van der Waals surface area contributed by atoms with Crippen LogP contribution in [0, 0.1) is 0 Å². The summed E-state index contributed by atoms with van der Waals surface area (Å²) in [7, 11) is 2.12. The number of piperazine rings is 1. The standard InChI is InChI=1S/C30H45N7O3S/c1-5-37(23(3)38)30(28(31)29(40)32-21-22(2)24-9-7-6-8-10-24)41-34-26-13-11-25(12-14-26)33-27(39)15-16-36-19-17-35(4)18-20-36/h6-14,22,28,30,34H,5,15-21,31H2,1-4H3,(H,32,40)(H,33,39)/t22?,28-,30?/m1/s1. The normalized spacial score (nSPS) is 16.3. The summed E-state index contributed by atoms with van der Waals surface area (Å²) < 4.78 is 3.23. The highest BCUT2D eigenvalue weighted by Gasteiger charge is 2.32. The number of carbonyl (C=O) groups excluding carboxylic acids is 3. The Hall–Kier alpha value is -3.12. The quantitative estimate of drug-likeness (QED) is 0.198. The van der Waals surface area contributed by atoms with Gasteiger partial charge in [0, 0.05) is 70.5 Å². The minimum absolute atomic E-state index is 0.0160. The lowest BCUT2D eigenvalue weighted by Gasteiger charge is -2.33. The molecule has 3 rings (SSSR count). The Morgan fingerprint density at radius 3 is 2.24 bits per heavy atom. The molecule has 11 heteroatoms. The summed E-state index contributed by atoms with van der Waals surface area (Å²) in [6, 6.07) is 16.4. The van der Waals surface area contributed by atoms with Gasteiger partial charge in [-0.3, -0.25) is 14.4 Å². The average Bonchev–Trinajstić information content (AvgIpc) is 2.98. The van der Waals surface area contributed by atoms with Gasteiger partial charge in [-0.25, -0.2) is 0 Å². The number of nitrogens with one attached hydrogen (secondary N) is 3. The third kappa shape index (κ3) is 10.3. The second-order valence-electron chi connectivity index (χ2n) is 10.5. The lowest BCUT2D eigenvalue weighted by atomic mass is 10.0. The highest BCUT2D eigenvalue weighted by molar-refractivity contribution is 8.01. The second-order valence-corrected chi connectivity index (χ2v) is 11.4. The number of carbonyl (C=O) groups is 3. The van der Waals surface area contributed by atoms with Gasteiger partial charge in [0.1, 0.15) is 11.4 Å². The molecule has 3 atom stereocenters. The van der Waals surface area contributed by atoms with E-state index in [0.29, 0.717) is 25.2 Å². The van der Waals surface area contributed by atoms with Crippen molar-refractivity contribution in [3.05, 3.63) is 60.2 Å². The van der Waals surface area contributed by atoms with Crippen LogP contribution >= 0.6 is 11.9 Å². The van der Waals surface area contributed by atoms with Crippen molar-refractivity contribution in [2.75, 3.05) is 62.9 Å². The summed E-state index contributed by atoms with van der Waals surface area (Å²) >= 11 is 1.22. The van der Waals surface area contributed by atoms with E-state index in [9.17, 15) is 14.4 Å². The fourth-order valence-electron chi connectivity index (χ4n) is 4.62. The van der Waals surface area contributed by atoms with Gasteiger partial charge in [-0.05, 0) is 61.7 Å². The molecule has 0 aliphatic carbocycles. The van der Waals surface area contributed by atoms with E-state index in [-0.39, 0.29) is 23.6 Å². The van der Waals surface area contributed by atoms with E-state index in [0.717, 1.165) is 44.0 Å². The molecular weight excluding hydrogens is 538 g/mol. The summed E-state index contributed by atoms with van der Waals surface area (Å²) in [5.41, 5.74) is 9.02. The van der Waals surface area contributed by atoms with Gasteiger partial charge in [-0.2, -0.15) is 0 Å². The molecule has 1 heterocycles. The molecule has 1 saturated heterocycles. The van der Waals surface area contributed by atoms with Crippen LogP contribution in [0.2, 0.25) is 0 Å². The van der Waals surface area contributed by atoms with Crippen molar-refractivity contribution in [3.63, 3.8) is 0 Å². The zero-order valence-electron chi connectivity index (χ0n) is 24.6. The minimum atomic E-state index is -0.946. The highest BCUT2D eigenvalue weighted by Crippen LogP contribution is 2.24. The Morgan fingerprint density at radius 2 is 1.63 bits per heavy atom. The van der Waals surface area contributed by atoms with E-state index in [2.05, 4.69) is 32.2 Å². The van der Waals surface area contributed by atoms with Gasteiger partial charge in [0.05, 0.1) is 0 Å². The van der Waals surface area contributed by atoms with Crippen LogP contribution in [-0.2, 0) is 14.4 Å². The Kier molecular flexibility index (Phi) is 12.9. The summed E-state index contributed by atoms with van der Waals surface area (Å²) in [6.45, 7) is 11.0. The SMILES string of the molecule is CCN(C(C)=O)C(SNc1ccc(NC(=O)CCN2CCN(C)CC2)cc1)[C@H](N)C(=O)NCC(C)c1ccccc1. The number of hydrogen-bond donors (Lipinski definition) is 4. The van der Waals surface area contributed by atoms with Gasteiger partial charge in [0.15, 0.2) is 0 Å². The molecule has 0 radical (unpaired) electrons. The maximum absolute atomic E-state index is 13.0. The second kappa shape index (κ2) is 16.4. The van der Waals surface area contributed by atoms with Gasteiger partial charge in [0.25, 0.3) is 0 Å². The van der Waals surface area contributed by atoms with Crippen molar-refractivity contribution in [2.45, 2.75) is 44.5 Å². The zero-order valence-corrected chi connectivity index (χ0v) is 25.5. The van der Waals surface area contributed by atoms with Crippen molar-refractivity contribution >= 4 is 41.0 Å². The predicted molar refractivity (Wildman–Crippen MR) is 168 cm³/mol. The van der Waals surface area contributed by atoms with Crippen molar-refractivity contribution in [1.82, 2.24) is 20.0 Å². The molecule has 10 nitrogen and oxygen atoms in total.